The van der Waals surface area contributed by atoms with E-state index in [1.165, 1.54) is 25.7 Å². The van der Waals surface area contributed by atoms with E-state index in [0.717, 1.165) is 24.7 Å². The molecule has 0 aromatic carbocycles. The van der Waals surface area contributed by atoms with Crippen LogP contribution >= 0.6 is 0 Å². The van der Waals surface area contributed by atoms with Gasteiger partial charge in [-0.2, -0.15) is 0 Å². The summed E-state index contributed by atoms with van der Waals surface area (Å²) in [6, 6.07) is 0. The van der Waals surface area contributed by atoms with E-state index < -0.39 is 0 Å². The molecule has 0 aromatic rings. The summed E-state index contributed by atoms with van der Waals surface area (Å²) < 4.78 is 0. The molecule has 1 unspecified atom stereocenters. The quantitative estimate of drug-likeness (QED) is 0.759. The van der Waals surface area contributed by atoms with E-state index >= 15 is 0 Å². The maximum Gasteiger partial charge on any atom is 0.0568 e. The van der Waals surface area contributed by atoms with Gasteiger partial charge in [0.2, 0.25) is 0 Å². The molecule has 17 heavy (non-hydrogen) atoms. The Balaban J connectivity index is 2.28. The molecule has 102 valence electrons. The van der Waals surface area contributed by atoms with Crippen molar-refractivity contribution in [2.45, 2.75) is 79.2 Å². The third-order valence-corrected chi connectivity index (χ3v) is 4.49. The predicted molar refractivity (Wildman–Crippen MR) is 75.0 cm³/mol. The second-order valence-electron chi connectivity index (χ2n) is 7.59. The Bertz CT molecular complexity index is 206. The molecule has 0 spiro atoms. The van der Waals surface area contributed by atoms with Gasteiger partial charge in [-0.25, -0.2) is 0 Å². The third-order valence-electron chi connectivity index (χ3n) is 4.49. The molecular formula is C16H32O. The van der Waals surface area contributed by atoms with Crippen LogP contribution in [0.25, 0.3) is 0 Å². The fourth-order valence-corrected chi connectivity index (χ4v) is 3.01. The van der Waals surface area contributed by atoms with E-state index in [4.69, 9.17) is 0 Å². The fraction of sp³-hybridized carbons (Fsp3) is 1.00. The molecule has 0 aromatic heterocycles. The summed E-state index contributed by atoms with van der Waals surface area (Å²) in [6.07, 6.45) is 7.22. The minimum atomic E-state index is -0.0534. The molecular weight excluding hydrogens is 208 g/mol. The Kier molecular flexibility index (Phi) is 5.50. The molecule has 1 atom stereocenters. The van der Waals surface area contributed by atoms with E-state index in [-0.39, 0.29) is 6.10 Å². The first kappa shape index (κ1) is 15.0. The van der Waals surface area contributed by atoms with Crippen molar-refractivity contribution in [1.29, 1.82) is 0 Å². The molecule has 0 aliphatic heterocycles. The standard InChI is InChI=1S/C16H32O/c1-12(2)13-6-8-14(9-7-13)15(17)10-11-16(3,4)5/h12-15,17H,6-11H2,1-5H3. The minimum absolute atomic E-state index is 0.0534. The van der Waals surface area contributed by atoms with Crippen molar-refractivity contribution in [3.8, 4) is 0 Å². The zero-order chi connectivity index (χ0) is 13.1. The van der Waals surface area contributed by atoms with Gasteiger partial charge in [0.1, 0.15) is 0 Å². The monoisotopic (exact) mass is 240 g/mol. The molecule has 0 bridgehead atoms. The van der Waals surface area contributed by atoms with Gasteiger partial charge >= 0.3 is 0 Å². The first-order valence-electron chi connectivity index (χ1n) is 7.47. The van der Waals surface area contributed by atoms with E-state index in [1.54, 1.807) is 0 Å². The van der Waals surface area contributed by atoms with Gasteiger partial charge in [-0.15, -0.1) is 0 Å². The van der Waals surface area contributed by atoms with Crippen LogP contribution in [0.1, 0.15) is 73.1 Å². The highest BCUT2D eigenvalue weighted by atomic mass is 16.3. The Morgan fingerprint density at radius 1 is 1.00 bits per heavy atom. The lowest BCUT2D eigenvalue weighted by Crippen LogP contribution is -2.28. The van der Waals surface area contributed by atoms with Gasteiger partial charge in [0.15, 0.2) is 0 Å². The van der Waals surface area contributed by atoms with Crippen LogP contribution in [-0.2, 0) is 0 Å². The highest BCUT2D eigenvalue weighted by Crippen LogP contribution is 2.36. The topological polar surface area (TPSA) is 20.2 Å². The Labute approximate surface area is 108 Å². The SMILES string of the molecule is CC(C)C1CCC(C(O)CCC(C)(C)C)CC1. The van der Waals surface area contributed by atoms with Crippen molar-refractivity contribution in [2.24, 2.45) is 23.2 Å². The normalized spacial score (nSPS) is 28.4. The van der Waals surface area contributed by atoms with Crippen LogP contribution in [0, 0.1) is 23.2 Å². The molecule has 1 rings (SSSR count). The summed E-state index contributed by atoms with van der Waals surface area (Å²) in [5.41, 5.74) is 0.357. The third kappa shape index (κ3) is 5.42. The second-order valence-corrected chi connectivity index (χ2v) is 7.59. The van der Waals surface area contributed by atoms with Crippen molar-refractivity contribution < 1.29 is 5.11 Å². The molecule has 1 heteroatoms. The van der Waals surface area contributed by atoms with Crippen LogP contribution in [-0.4, -0.2) is 11.2 Å². The van der Waals surface area contributed by atoms with Gasteiger partial charge < -0.3 is 5.11 Å². The molecule has 0 radical (unpaired) electrons. The highest BCUT2D eigenvalue weighted by molar-refractivity contribution is 4.79. The van der Waals surface area contributed by atoms with E-state index in [1.807, 2.05) is 0 Å². The van der Waals surface area contributed by atoms with Gasteiger partial charge in [0.25, 0.3) is 0 Å². The van der Waals surface area contributed by atoms with Crippen molar-refractivity contribution in [2.75, 3.05) is 0 Å². The van der Waals surface area contributed by atoms with Crippen LogP contribution in [0.5, 0.6) is 0 Å². The largest absolute Gasteiger partial charge is 0.393 e. The summed E-state index contributed by atoms with van der Waals surface area (Å²) >= 11 is 0. The fourth-order valence-electron chi connectivity index (χ4n) is 3.01. The molecule has 1 saturated carbocycles. The van der Waals surface area contributed by atoms with Crippen LogP contribution in [0.15, 0.2) is 0 Å². The number of rotatable bonds is 4. The molecule has 1 aliphatic carbocycles. The first-order chi connectivity index (χ1) is 7.79. The van der Waals surface area contributed by atoms with E-state index in [0.29, 0.717) is 11.3 Å². The smallest absolute Gasteiger partial charge is 0.0568 e. The summed E-state index contributed by atoms with van der Waals surface area (Å²) in [5, 5.41) is 10.3. The lowest BCUT2D eigenvalue weighted by molar-refractivity contribution is 0.0522. The van der Waals surface area contributed by atoms with Gasteiger partial charge in [-0.05, 0) is 61.7 Å². The van der Waals surface area contributed by atoms with Crippen molar-refractivity contribution in [3.05, 3.63) is 0 Å². The summed E-state index contributed by atoms with van der Waals surface area (Å²) in [6.45, 7) is 11.4. The number of aliphatic hydroxyl groups is 1. The predicted octanol–water partition coefficient (Wildman–Crippen LogP) is 4.64. The maximum atomic E-state index is 10.3. The lowest BCUT2D eigenvalue weighted by Gasteiger charge is -2.34. The number of aliphatic hydroxyl groups excluding tert-OH is 1. The summed E-state index contributed by atoms with van der Waals surface area (Å²) in [7, 11) is 0. The average Bonchev–Trinajstić information content (AvgIpc) is 2.25. The maximum absolute atomic E-state index is 10.3. The molecule has 1 nitrogen and oxygen atoms in total. The molecule has 1 N–H and O–H groups in total. The Morgan fingerprint density at radius 3 is 1.88 bits per heavy atom. The van der Waals surface area contributed by atoms with Crippen LogP contribution in [0.4, 0.5) is 0 Å². The first-order valence-corrected chi connectivity index (χ1v) is 7.47. The second kappa shape index (κ2) is 6.22. The van der Waals surface area contributed by atoms with E-state index in [9.17, 15) is 5.11 Å². The molecule has 1 fully saturated rings. The number of hydrogen-bond donors (Lipinski definition) is 1. The minimum Gasteiger partial charge on any atom is -0.393 e. The van der Waals surface area contributed by atoms with Crippen molar-refractivity contribution >= 4 is 0 Å². The van der Waals surface area contributed by atoms with Crippen molar-refractivity contribution in [3.63, 3.8) is 0 Å². The zero-order valence-electron chi connectivity index (χ0n) is 12.5. The average molecular weight is 240 g/mol. The number of hydrogen-bond acceptors (Lipinski definition) is 1. The Hall–Kier alpha value is -0.0400. The highest BCUT2D eigenvalue weighted by Gasteiger charge is 2.28. The van der Waals surface area contributed by atoms with Gasteiger partial charge in [-0.3, -0.25) is 0 Å². The molecule has 0 saturated heterocycles. The van der Waals surface area contributed by atoms with Crippen LogP contribution < -0.4 is 0 Å². The summed E-state index contributed by atoms with van der Waals surface area (Å²) in [5.74, 6) is 2.30. The van der Waals surface area contributed by atoms with Crippen LogP contribution in [0.3, 0.4) is 0 Å². The van der Waals surface area contributed by atoms with E-state index in [2.05, 4.69) is 34.6 Å². The molecule has 0 heterocycles. The zero-order valence-corrected chi connectivity index (χ0v) is 12.5. The van der Waals surface area contributed by atoms with Crippen molar-refractivity contribution in [1.82, 2.24) is 0 Å². The molecule has 0 amide bonds. The summed E-state index contributed by atoms with van der Waals surface area (Å²) in [4.78, 5) is 0. The van der Waals surface area contributed by atoms with Gasteiger partial charge in [-0.1, -0.05) is 34.6 Å². The van der Waals surface area contributed by atoms with Crippen LogP contribution in [0.2, 0.25) is 0 Å². The van der Waals surface area contributed by atoms with Gasteiger partial charge in [0.05, 0.1) is 6.10 Å². The Morgan fingerprint density at radius 2 is 1.47 bits per heavy atom. The lowest BCUT2D eigenvalue weighted by atomic mass is 9.74. The van der Waals surface area contributed by atoms with Gasteiger partial charge in [0, 0.05) is 0 Å². The molecule has 1 aliphatic rings.